The summed E-state index contributed by atoms with van der Waals surface area (Å²) in [6.45, 7) is 8.94. The molecule has 0 unspecified atom stereocenters. The Morgan fingerprint density at radius 1 is 1.00 bits per heavy atom. The molecule has 1 aromatic carbocycles. The summed E-state index contributed by atoms with van der Waals surface area (Å²) < 4.78 is 30.0. The van der Waals surface area contributed by atoms with Gasteiger partial charge in [0.25, 0.3) is 5.92 Å². The van der Waals surface area contributed by atoms with E-state index in [2.05, 4.69) is 41.1 Å². The minimum Gasteiger partial charge on any atom is -0.328 e. The van der Waals surface area contributed by atoms with Crippen molar-refractivity contribution >= 4 is 6.03 Å². The zero-order chi connectivity index (χ0) is 22.7. The van der Waals surface area contributed by atoms with Gasteiger partial charge in [0.2, 0.25) is 0 Å². The monoisotopic (exact) mass is 448 g/mol. The maximum Gasteiger partial charge on any atom is 0.317 e. The standard InChI is InChI=1S/C25H38F2N4O/c1-19(2)29-15-17-30(18-16-29)22-9-6-12-25(26,27)23(22)28-24(32)31-13-10-21(11-14-31)20-7-4-3-5-8-20/h3-5,7-8,19,21-23H,6,9-18H2,1-2H3,(H,28,32)/t22-,23+/m0/s1. The first-order valence-electron chi connectivity index (χ1n) is 12.3. The van der Waals surface area contributed by atoms with Gasteiger partial charge >= 0.3 is 6.03 Å². The highest BCUT2D eigenvalue weighted by Crippen LogP contribution is 2.37. The Morgan fingerprint density at radius 2 is 1.66 bits per heavy atom. The van der Waals surface area contributed by atoms with Crippen LogP contribution in [-0.2, 0) is 0 Å². The number of likely N-dealkylation sites (tertiary alicyclic amines) is 1. The number of carbonyl (C=O) groups is 1. The van der Waals surface area contributed by atoms with E-state index in [9.17, 15) is 4.79 Å². The van der Waals surface area contributed by atoms with Crippen molar-refractivity contribution < 1.29 is 13.6 Å². The zero-order valence-electron chi connectivity index (χ0n) is 19.5. The second kappa shape index (κ2) is 10.0. The number of benzene rings is 1. The highest BCUT2D eigenvalue weighted by molar-refractivity contribution is 5.75. The number of alkyl halides is 2. The molecular formula is C25H38F2N4O. The fourth-order valence-corrected chi connectivity index (χ4v) is 5.70. The minimum atomic E-state index is -2.86. The Kier molecular flexibility index (Phi) is 7.35. The highest BCUT2D eigenvalue weighted by Gasteiger charge is 2.50. The maximum absolute atomic E-state index is 15.0. The molecule has 5 nitrogen and oxygen atoms in total. The van der Waals surface area contributed by atoms with E-state index >= 15 is 8.78 Å². The van der Waals surface area contributed by atoms with Crippen LogP contribution < -0.4 is 5.32 Å². The van der Waals surface area contributed by atoms with E-state index < -0.39 is 12.0 Å². The molecule has 2 aliphatic heterocycles. The highest BCUT2D eigenvalue weighted by atomic mass is 19.3. The molecule has 0 aromatic heterocycles. The Balaban J connectivity index is 1.36. The Bertz CT molecular complexity index is 744. The number of carbonyl (C=O) groups excluding carboxylic acids is 1. The van der Waals surface area contributed by atoms with Crippen molar-refractivity contribution in [2.45, 2.75) is 75.9 Å². The molecule has 0 radical (unpaired) electrons. The van der Waals surface area contributed by atoms with E-state index in [4.69, 9.17) is 0 Å². The van der Waals surface area contributed by atoms with Crippen LogP contribution in [0.4, 0.5) is 13.6 Å². The molecule has 0 bridgehead atoms. The van der Waals surface area contributed by atoms with Crippen LogP contribution in [0, 0.1) is 0 Å². The molecule has 1 aliphatic carbocycles. The molecule has 7 heteroatoms. The van der Waals surface area contributed by atoms with Gasteiger partial charge < -0.3 is 10.2 Å². The van der Waals surface area contributed by atoms with Gasteiger partial charge in [0.05, 0.1) is 0 Å². The third-order valence-electron chi connectivity index (χ3n) is 7.73. The second-order valence-electron chi connectivity index (χ2n) is 9.99. The van der Waals surface area contributed by atoms with Crippen LogP contribution >= 0.6 is 0 Å². The van der Waals surface area contributed by atoms with Crippen molar-refractivity contribution in [3.05, 3.63) is 35.9 Å². The third kappa shape index (κ3) is 5.25. The average molecular weight is 449 g/mol. The quantitative estimate of drug-likeness (QED) is 0.752. The first-order valence-corrected chi connectivity index (χ1v) is 12.3. The molecule has 3 fully saturated rings. The Morgan fingerprint density at radius 3 is 2.28 bits per heavy atom. The number of nitrogens with zero attached hydrogens (tertiary/aromatic N) is 3. The molecular weight excluding hydrogens is 410 g/mol. The maximum atomic E-state index is 15.0. The first kappa shape index (κ1) is 23.4. The van der Waals surface area contributed by atoms with Crippen molar-refractivity contribution in [3.8, 4) is 0 Å². The van der Waals surface area contributed by atoms with E-state index in [0.717, 1.165) is 45.4 Å². The van der Waals surface area contributed by atoms with Crippen LogP contribution in [0.5, 0.6) is 0 Å². The van der Waals surface area contributed by atoms with Gasteiger partial charge in [0.15, 0.2) is 0 Å². The summed E-state index contributed by atoms with van der Waals surface area (Å²) in [5, 5.41) is 2.80. The summed E-state index contributed by atoms with van der Waals surface area (Å²) in [5.41, 5.74) is 1.30. The number of hydrogen-bond acceptors (Lipinski definition) is 3. The van der Waals surface area contributed by atoms with Gasteiger partial charge in [-0.1, -0.05) is 30.3 Å². The van der Waals surface area contributed by atoms with Crippen molar-refractivity contribution in [2.75, 3.05) is 39.3 Å². The molecule has 4 rings (SSSR count). The molecule has 0 spiro atoms. The summed E-state index contributed by atoms with van der Waals surface area (Å²) in [7, 11) is 0. The van der Waals surface area contributed by atoms with Gasteiger partial charge in [-0.2, -0.15) is 0 Å². The molecule has 2 amide bonds. The molecule has 178 valence electrons. The number of hydrogen-bond donors (Lipinski definition) is 1. The average Bonchev–Trinajstić information content (AvgIpc) is 2.81. The number of piperidine rings is 1. The molecule has 2 atom stereocenters. The molecule has 1 saturated carbocycles. The lowest BCUT2D eigenvalue weighted by molar-refractivity contribution is -0.0973. The minimum absolute atomic E-state index is 0.142. The van der Waals surface area contributed by atoms with E-state index in [1.54, 1.807) is 4.90 Å². The van der Waals surface area contributed by atoms with Crippen molar-refractivity contribution in [3.63, 3.8) is 0 Å². The lowest BCUT2D eigenvalue weighted by Gasteiger charge is -2.47. The summed E-state index contributed by atoms with van der Waals surface area (Å²) >= 11 is 0. The van der Waals surface area contributed by atoms with E-state index in [1.165, 1.54) is 5.56 Å². The van der Waals surface area contributed by atoms with Crippen LogP contribution in [-0.4, -0.2) is 84.0 Å². The molecule has 1 aromatic rings. The molecule has 1 N–H and O–H groups in total. The molecule has 3 aliphatic rings. The normalized spacial score (nSPS) is 28.1. The number of rotatable bonds is 4. The smallest absolute Gasteiger partial charge is 0.317 e. The van der Waals surface area contributed by atoms with Crippen molar-refractivity contribution in [1.82, 2.24) is 20.0 Å². The van der Waals surface area contributed by atoms with Gasteiger partial charge in [0.1, 0.15) is 6.04 Å². The lowest BCUT2D eigenvalue weighted by Crippen LogP contribution is -2.66. The number of piperazine rings is 1. The van der Waals surface area contributed by atoms with E-state index in [-0.39, 0.29) is 18.5 Å². The van der Waals surface area contributed by atoms with Crippen molar-refractivity contribution in [1.29, 1.82) is 0 Å². The van der Waals surface area contributed by atoms with Crippen LogP contribution in [0.15, 0.2) is 30.3 Å². The van der Waals surface area contributed by atoms with Gasteiger partial charge in [-0.05, 0) is 51.0 Å². The fraction of sp³-hybridized carbons (Fsp3) is 0.720. The van der Waals surface area contributed by atoms with Gasteiger partial charge in [-0.3, -0.25) is 9.80 Å². The van der Waals surface area contributed by atoms with Crippen LogP contribution in [0.3, 0.4) is 0 Å². The Labute approximate surface area is 191 Å². The second-order valence-corrected chi connectivity index (χ2v) is 9.99. The topological polar surface area (TPSA) is 38.8 Å². The number of nitrogens with one attached hydrogen (secondary N) is 1. The fourth-order valence-electron chi connectivity index (χ4n) is 5.70. The SMILES string of the molecule is CC(C)N1CCN([C@H]2CCCC(F)(F)[C@@H]2NC(=O)N2CCC(c3ccccc3)CC2)CC1. The summed E-state index contributed by atoms with van der Waals surface area (Å²) in [6, 6.07) is 9.10. The van der Waals surface area contributed by atoms with E-state index in [0.29, 0.717) is 31.5 Å². The van der Waals surface area contributed by atoms with Gasteiger partial charge in [-0.15, -0.1) is 0 Å². The lowest BCUT2D eigenvalue weighted by atomic mass is 9.85. The molecule has 2 heterocycles. The third-order valence-corrected chi connectivity index (χ3v) is 7.73. The molecule has 32 heavy (non-hydrogen) atoms. The number of urea groups is 1. The zero-order valence-corrected chi connectivity index (χ0v) is 19.5. The van der Waals surface area contributed by atoms with Gasteiger partial charge in [-0.25, -0.2) is 13.6 Å². The first-order chi connectivity index (χ1) is 15.3. The summed E-state index contributed by atoms with van der Waals surface area (Å²) in [4.78, 5) is 19.3. The van der Waals surface area contributed by atoms with E-state index in [1.807, 2.05) is 18.2 Å². The van der Waals surface area contributed by atoms with Crippen LogP contribution in [0.1, 0.15) is 57.4 Å². The predicted octanol–water partition coefficient (Wildman–Crippen LogP) is 4.16. The largest absolute Gasteiger partial charge is 0.328 e. The number of halogens is 2. The van der Waals surface area contributed by atoms with Crippen LogP contribution in [0.2, 0.25) is 0 Å². The van der Waals surface area contributed by atoms with Crippen LogP contribution in [0.25, 0.3) is 0 Å². The Hall–Kier alpha value is -1.73. The summed E-state index contributed by atoms with van der Waals surface area (Å²) in [5.74, 6) is -2.43. The predicted molar refractivity (Wildman–Crippen MR) is 123 cm³/mol. The summed E-state index contributed by atoms with van der Waals surface area (Å²) in [6.07, 6.45) is 2.84. The van der Waals surface area contributed by atoms with Gasteiger partial charge in [0, 0.05) is 57.8 Å². The van der Waals surface area contributed by atoms with Crippen molar-refractivity contribution in [2.24, 2.45) is 0 Å². The number of amides is 2. The molecule has 2 saturated heterocycles.